The summed E-state index contributed by atoms with van der Waals surface area (Å²) in [5, 5.41) is 0. The van der Waals surface area contributed by atoms with E-state index < -0.39 is 0 Å². The first-order chi connectivity index (χ1) is 9.22. The lowest BCUT2D eigenvalue weighted by atomic mass is 10.2. The van der Waals surface area contributed by atoms with Gasteiger partial charge in [-0.15, -0.1) is 0 Å². The third-order valence-corrected chi connectivity index (χ3v) is 3.79. The molecule has 0 saturated heterocycles. The van der Waals surface area contributed by atoms with Crippen LogP contribution >= 0.6 is 22.6 Å². The van der Waals surface area contributed by atoms with Crippen LogP contribution in [0, 0.1) is 3.57 Å². The third-order valence-electron chi connectivity index (χ3n) is 2.85. The van der Waals surface area contributed by atoms with Crippen molar-refractivity contribution >= 4 is 28.5 Å². The normalized spacial score (nSPS) is 10.2. The number of benzene rings is 1. The molecule has 19 heavy (non-hydrogen) atoms. The summed E-state index contributed by atoms with van der Waals surface area (Å²) in [6.45, 7) is 3.19. The third kappa shape index (κ3) is 3.53. The number of nitrogens with zero attached hydrogens (tertiary/aromatic N) is 2. The smallest absolute Gasteiger partial charge is 0.255 e. The second kappa shape index (κ2) is 6.65. The maximum absolute atomic E-state index is 12.5. The number of hydrogen-bond acceptors (Lipinski definition) is 2. The number of carbonyl (C=O) groups is 1. The Morgan fingerprint density at radius 3 is 2.58 bits per heavy atom. The summed E-state index contributed by atoms with van der Waals surface area (Å²) >= 11 is 2.19. The van der Waals surface area contributed by atoms with Crippen molar-refractivity contribution in [3.05, 3.63) is 63.5 Å². The molecule has 2 rings (SSSR count). The summed E-state index contributed by atoms with van der Waals surface area (Å²) in [5.41, 5.74) is 1.66. The number of hydrogen-bond donors (Lipinski definition) is 0. The average Bonchev–Trinajstić information content (AvgIpc) is 2.46. The lowest BCUT2D eigenvalue weighted by Crippen LogP contribution is -2.31. The van der Waals surface area contributed by atoms with Gasteiger partial charge in [-0.25, -0.2) is 0 Å². The van der Waals surface area contributed by atoms with Crippen molar-refractivity contribution in [2.45, 2.75) is 13.5 Å². The first kappa shape index (κ1) is 14.0. The summed E-state index contributed by atoms with van der Waals surface area (Å²) < 4.78 is 0.976. The Hall–Kier alpha value is -1.43. The highest BCUT2D eigenvalue weighted by molar-refractivity contribution is 14.1. The Labute approximate surface area is 126 Å². The number of carbonyl (C=O) groups excluding carboxylic acids is 1. The van der Waals surface area contributed by atoms with Crippen LogP contribution in [0.1, 0.15) is 23.0 Å². The van der Waals surface area contributed by atoms with Crippen LogP contribution < -0.4 is 0 Å². The Bertz CT molecular complexity index is 557. The van der Waals surface area contributed by atoms with Gasteiger partial charge in [-0.1, -0.05) is 18.2 Å². The Morgan fingerprint density at radius 2 is 1.95 bits per heavy atom. The zero-order valence-electron chi connectivity index (χ0n) is 10.7. The average molecular weight is 366 g/mol. The number of aromatic nitrogens is 1. The van der Waals surface area contributed by atoms with Gasteiger partial charge >= 0.3 is 0 Å². The van der Waals surface area contributed by atoms with Crippen LogP contribution in [0.2, 0.25) is 0 Å². The van der Waals surface area contributed by atoms with Gasteiger partial charge in [0, 0.05) is 16.3 Å². The minimum absolute atomic E-state index is 0.0538. The Kier molecular flexibility index (Phi) is 4.90. The molecule has 0 aliphatic rings. The molecule has 0 aliphatic heterocycles. The highest BCUT2D eigenvalue weighted by Gasteiger charge is 2.16. The van der Waals surface area contributed by atoms with E-state index in [1.165, 1.54) is 0 Å². The molecule has 3 nitrogen and oxygen atoms in total. The second-order valence-electron chi connectivity index (χ2n) is 4.12. The molecule has 0 spiro atoms. The topological polar surface area (TPSA) is 33.2 Å². The molecule has 0 atom stereocenters. The van der Waals surface area contributed by atoms with Gasteiger partial charge in [0.1, 0.15) is 0 Å². The van der Waals surface area contributed by atoms with Crippen molar-refractivity contribution in [3.8, 4) is 0 Å². The van der Waals surface area contributed by atoms with Crippen LogP contribution in [-0.4, -0.2) is 22.3 Å². The summed E-state index contributed by atoms with van der Waals surface area (Å²) in [4.78, 5) is 18.6. The van der Waals surface area contributed by atoms with Gasteiger partial charge in [0.2, 0.25) is 0 Å². The lowest BCUT2D eigenvalue weighted by Gasteiger charge is -2.21. The Morgan fingerprint density at radius 1 is 1.21 bits per heavy atom. The van der Waals surface area contributed by atoms with Crippen LogP contribution in [-0.2, 0) is 6.54 Å². The minimum Gasteiger partial charge on any atom is -0.333 e. The molecule has 0 saturated carbocycles. The predicted molar refractivity (Wildman–Crippen MR) is 83.8 cm³/mol. The SMILES string of the molecule is CCN(Cc1ccccn1)C(=O)c1ccccc1I. The van der Waals surface area contributed by atoms with E-state index in [1.807, 2.05) is 49.4 Å². The summed E-state index contributed by atoms with van der Waals surface area (Å²) in [6, 6.07) is 13.4. The molecule has 0 radical (unpaired) electrons. The maximum atomic E-state index is 12.5. The fourth-order valence-electron chi connectivity index (χ4n) is 1.82. The van der Waals surface area contributed by atoms with E-state index in [-0.39, 0.29) is 5.91 Å². The molecule has 1 aromatic carbocycles. The van der Waals surface area contributed by atoms with Crippen molar-refractivity contribution in [2.24, 2.45) is 0 Å². The van der Waals surface area contributed by atoms with Crippen LogP contribution in [0.25, 0.3) is 0 Å². The fourth-order valence-corrected chi connectivity index (χ4v) is 2.44. The quantitative estimate of drug-likeness (QED) is 0.778. The standard InChI is InChI=1S/C15H15IN2O/c1-2-18(11-12-7-5-6-10-17-12)15(19)13-8-3-4-9-14(13)16/h3-10H,2,11H2,1H3. The van der Waals surface area contributed by atoms with E-state index in [0.29, 0.717) is 13.1 Å². The fraction of sp³-hybridized carbons (Fsp3) is 0.200. The predicted octanol–water partition coefficient (Wildman–Crippen LogP) is 3.35. The zero-order chi connectivity index (χ0) is 13.7. The van der Waals surface area contributed by atoms with Crippen LogP contribution in [0.3, 0.4) is 0 Å². The van der Waals surface area contributed by atoms with Gasteiger partial charge in [-0.2, -0.15) is 0 Å². The molecule has 4 heteroatoms. The molecule has 0 aliphatic carbocycles. The van der Waals surface area contributed by atoms with Gasteiger partial charge in [-0.3, -0.25) is 9.78 Å². The van der Waals surface area contributed by atoms with Gasteiger partial charge < -0.3 is 4.90 Å². The molecular formula is C15H15IN2O. The van der Waals surface area contributed by atoms with E-state index >= 15 is 0 Å². The van der Waals surface area contributed by atoms with Crippen molar-refractivity contribution in [1.29, 1.82) is 0 Å². The van der Waals surface area contributed by atoms with E-state index in [1.54, 1.807) is 11.1 Å². The molecule has 0 N–H and O–H groups in total. The van der Waals surface area contributed by atoms with E-state index in [0.717, 1.165) is 14.8 Å². The molecule has 98 valence electrons. The van der Waals surface area contributed by atoms with E-state index in [9.17, 15) is 4.79 Å². The highest BCUT2D eigenvalue weighted by atomic mass is 127. The molecule has 1 heterocycles. The van der Waals surface area contributed by atoms with Crippen molar-refractivity contribution in [2.75, 3.05) is 6.54 Å². The number of halogens is 1. The van der Waals surface area contributed by atoms with Gasteiger partial charge in [0.15, 0.2) is 0 Å². The highest BCUT2D eigenvalue weighted by Crippen LogP contribution is 2.15. The van der Waals surface area contributed by atoms with Crippen molar-refractivity contribution in [1.82, 2.24) is 9.88 Å². The largest absolute Gasteiger partial charge is 0.333 e. The first-order valence-corrected chi connectivity index (χ1v) is 7.24. The summed E-state index contributed by atoms with van der Waals surface area (Å²) in [7, 11) is 0. The molecule has 0 bridgehead atoms. The number of amides is 1. The van der Waals surface area contributed by atoms with Gasteiger partial charge in [0.25, 0.3) is 5.91 Å². The molecule has 1 amide bonds. The van der Waals surface area contributed by atoms with E-state index in [2.05, 4.69) is 27.6 Å². The maximum Gasteiger partial charge on any atom is 0.255 e. The van der Waals surface area contributed by atoms with Gasteiger partial charge in [0.05, 0.1) is 17.8 Å². The molecule has 0 fully saturated rings. The monoisotopic (exact) mass is 366 g/mol. The Balaban J connectivity index is 2.18. The molecule has 2 aromatic rings. The zero-order valence-corrected chi connectivity index (χ0v) is 12.9. The first-order valence-electron chi connectivity index (χ1n) is 6.16. The van der Waals surface area contributed by atoms with Crippen LogP contribution in [0.5, 0.6) is 0 Å². The molecular weight excluding hydrogens is 351 g/mol. The summed E-state index contributed by atoms with van der Waals surface area (Å²) in [5.74, 6) is 0.0538. The number of pyridine rings is 1. The number of rotatable bonds is 4. The van der Waals surface area contributed by atoms with Crippen LogP contribution in [0.15, 0.2) is 48.7 Å². The van der Waals surface area contributed by atoms with Crippen LogP contribution in [0.4, 0.5) is 0 Å². The summed E-state index contributed by atoms with van der Waals surface area (Å²) in [6.07, 6.45) is 1.75. The van der Waals surface area contributed by atoms with Gasteiger partial charge in [-0.05, 0) is 53.8 Å². The molecule has 0 unspecified atom stereocenters. The van der Waals surface area contributed by atoms with Crippen molar-refractivity contribution < 1.29 is 4.79 Å². The van der Waals surface area contributed by atoms with E-state index in [4.69, 9.17) is 0 Å². The molecule has 1 aromatic heterocycles. The minimum atomic E-state index is 0.0538. The second-order valence-corrected chi connectivity index (χ2v) is 5.28. The lowest BCUT2D eigenvalue weighted by molar-refractivity contribution is 0.0749. The van der Waals surface area contributed by atoms with Crippen molar-refractivity contribution in [3.63, 3.8) is 0 Å².